The van der Waals surface area contributed by atoms with Gasteiger partial charge in [0.1, 0.15) is 0 Å². The van der Waals surface area contributed by atoms with Crippen LogP contribution in [0.2, 0.25) is 0 Å². The van der Waals surface area contributed by atoms with Crippen molar-refractivity contribution in [1.29, 1.82) is 0 Å². The fourth-order valence-corrected chi connectivity index (χ4v) is 3.44. The van der Waals surface area contributed by atoms with E-state index in [0.717, 1.165) is 18.4 Å². The Labute approximate surface area is 92.2 Å². The molecule has 0 spiro atoms. The van der Waals surface area contributed by atoms with Gasteiger partial charge in [-0.25, -0.2) is 0 Å². The minimum Gasteiger partial charge on any atom is -0.373 e. The smallest absolute Gasteiger partial charge is 0.0822 e. The van der Waals surface area contributed by atoms with Crippen molar-refractivity contribution in [3.05, 3.63) is 22.8 Å². The SMILES string of the molecule is CC1=CC2=C(CC1)C1OCC(C)CC1C2. The minimum absolute atomic E-state index is 0.487. The Bertz CT molecular complexity index is 337. The molecule has 1 nitrogen and oxygen atoms in total. The van der Waals surface area contributed by atoms with Crippen LogP contribution in [0.3, 0.4) is 0 Å². The van der Waals surface area contributed by atoms with Gasteiger partial charge in [-0.3, -0.25) is 0 Å². The van der Waals surface area contributed by atoms with Crippen molar-refractivity contribution >= 4 is 0 Å². The number of rotatable bonds is 0. The van der Waals surface area contributed by atoms with E-state index in [2.05, 4.69) is 19.9 Å². The summed E-state index contributed by atoms with van der Waals surface area (Å²) in [6, 6.07) is 0. The highest BCUT2D eigenvalue weighted by Crippen LogP contribution is 2.45. The lowest BCUT2D eigenvalue weighted by molar-refractivity contribution is -0.0241. The van der Waals surface area contributed by atoms with E-state index in [9.17, 15) is 0 Å². The third kappa shape index (κ3) is 1.57. The molecule has 0 N–H and O–H groups in total. The normalized spacial score (nSPS) is 39.9. The second-order valence-electron chi connectivity index (χ2n) is 5.60. The van der Waals surface area contributed by atoms with Gasteiger partial charge in [0.25, 0.3) is 0 Å². The predicted octanol–water partition coefficient (Wildman–Crippen LogP) is 3.47. The molecule has 0 amide bonds. The molecule has 0 aromatic rings. The van der Waals surface area contributed by atoms with Crippen molar-refractivity contribution < 1.29 is 4.74 Å². The Balaban J connectivity index is 1.86. The highest BCUT2D eigenvalue weighted by atomic mass is 16.5. The molecule has 1 aliphatic heterocycles. The molecule has 3 rings (SSSR count). The van der Waals surface area contributed by atoms with Gasteiger partial charge < -0.3 is 4.74 Å². The summed E-state index contributed by atoms with van der Waals surface area (Å²) in [7, 11) is 0. The van der Waals surface area contributed by atoms with Crippen molar-refractivity contribution in [3.8, 4) is 0 Å². The molecule has 82 valence electrons. The first-order valence-electron chi connectivity index (χ1n) is 6.24. The van der Waals surface area contributed by atoms with E-state index in [1.165, 1.54) is 25.7 Å². The van der Waals surface area contributed by atoms with Crippen LogP contribution >= 0.6 is 0 Å². The topological polar surface area (TPSA) is 9.23 Å². The number of hydrogen-bond acceptors (Lipinski definition) is 1. The summed E-state index contributed by atoms with van der Waals surface area (Å²) in [5.41, 5.74) is 4.81. The predicted molar refractivity (Wildman–Crippen MR) is 61.6 cm³/mol. The zero-order valence-electron chi connectivity index (χ0n) is 9.75. The van der Waals surface area contributed by atoms with Gasteiger partial charge in [-0.05, 0) is 55.6 Å². The lowest BCUT2D eigenvalue weighted by Gasteiger charge is -2.32. The van der Waals surface area contributed by atoms with E-state index in [0.29, 0.717) is 6.10 Å². The summed E-state index contributed by atoms with van der Waals surface area (Å²) in [4.78, 5) is 0. The number of ether oxygens (including phenoxy) is 1. The molecule has 15 heavy (non-hydrogen) atoms. The van der Waals surface area contributed by atoms with Gasteiger partial charge >= 0.3 is 0 Å². The van der Waals surface area contributed by atoms with E-state index >= 15 is 0 Å². The average molecular weight is 204 g/mol. The van der Waals surface area contributed by atoms with Gasteiger partial charge in [0.15, 0.2) is 0 Å². The Hall–Kier alpha value is -0.560. The van der Waals surface area contributed by atoms with Gasteiger partial charge in [0.2, 0.25) is 0 Å². The monoisotopic (exact) mass is 204 g/mol. The quantitative estimate of drug-likeness (QED) is 0.587. The summed E-state index contributed by atoms with van der Waals surface area (Å²) in [6.07, 6.45) is 8.06. The highest BCUT2D eigenvalue weighted by molar-refractivity contribution is 5.40. The fourth-order valence-electron chi connectivity index (χ4n) is 3.44. The second-order valence-corrected chi connectivity index (χ2v) is 5.60. The zero-order chi connectivity index (χ0) is 10.4. The minimum atomic E-state index is 0.487. The van der Waals surface area contributed by atoms with Crippen molar-refractivity contribution in [1.82, 2.24) is 0 Å². The van der Waals surface area contributed by atoms with Crippen LogP contribution in [0, 0.1) is 11.8 Å². The summed E-state index contributed by atoms with van der Waals surface area (Å²) in [5.74, 6) is 1.55. The van der Waals surface area contributed by atoms with Crippen LogP contribution in [-0.2, 0) is 4.74 Å². The van der Waals surface area contributed by atoms with Crippen LogP contribution in [-0.4, -0.2) is 12.7 Å². The molecular formula is C14H20O. The van der Waals surface area contributed by atoms with Crippen molar-refractivity contribution in [3.63, 3.8) is 0 Å². The van der Waals surface area contributed by atoms with E-state index in [-0.39, 0.29) is 0 Å². The van der Waals surface area contributed by atoms with Crippen molar-refractivity contribution in [2.75, 3.05) is 6.61 Å². The molecule has 0 aromatic heterocycles. The van der Waals surface area contributed by atoms with Crippen molar-refractivity contribution in [2.45, 2.75) is 45.6 Å². The first kappa shape index (κ1) is 9.65. The Kier molecular flexibility index (Phi) is 2.24. The molecule has 3 aliphatic rings. The van der Waals surface area contributed by atoms with Gasteiger partial charge in [0.05, 0.1) is 6.10 Å². The van der Waals surface area contributed by atoms with E-state index < -0.39 is 0 Å². The van der Waals surface area contributed by atoms with Gasteiger partial charge in [-0.1, -0.05) is 18.6 Å². The van der Waals surface area contributed by atoms with E-state index in [4.69, 9.17) is 4.74 Å². The molecule has 0 radical (unpaired) electrons. The molecule has 1 heteroatoms. The molecule has 2 aliphatic carbocycles. The van der Waals surface area contributed by atoms with Gasteiger partial charge in [-0.15, -0.1) is 0 Å². The van der Waals surface area contributed by atoms with E-state index in [1.54, 1.807) is 16.7 Å². The maximum atomic E-state index is 6.03. The van der Waals surface area contributed by atoms with Crippen LogP contribution in [0.1, 0.15) is 39.5 Å². The maximum absolute atomic E-state index is 6.03. The molecule has 0 aromatic carbocycles. The first-order chi connectivity index (χ1) is 7.24. The highest BCUT2D eigenvalue weighted by Gasteiger charge is 2.39. The fraction of sp³-hybridized carbons (Fsp3) is 0.714. The summed E-state index contributed by atoms with van der Waals surface area (Å²) >= 11 is 0. The van der Waals surface area contributed by atoms with Crippen LogP contribution < -0.4 is 0 Å². The molecule has 1 fully saturated rings. The first-order valence-corrected chi connectivity index (χ1v) is 6.24. The van der Waals surface area contributed by atoms with Gasteiger partial charge in [-0.2, -0.15) is 0 Å². The van der Waals surface area contributed by atoms with Crippen LogP contribution in [0.4, 0.5) is 0 Å². The van der Waals surface area contributed by atoms with Gasteiger partial charge in [0, 0.05) is 6.61 Å². The standard InChI is InChI=1S/C14H20O/c1-9-3-4-13-11(5-9)7-12-6-10(2)8-15-14(12)13/h5,10,12,14H,3-4,6-8H2,1-2H3. The maximum Gasteiger partial charge on any atom is 0.0822 e. The Morgan fingerprint density at radius 1 is 1.33 bits per heavy atom. The van der Waals surface area contributed by atoms with Crippen molar-refractivity contribution in [2.24, 2.45) is 11.8 Å². The third-order valence-corrected chi connectivity index (χ3v) is 4.14. The number of allylic oxidation sites excluding steroid dienone is 3. The number of fused-ring (bicyclic) bond motifs is 2. The van der Waals surface area contributed by atoms with Crippen LogP contribution in [0.25, 0.3) is 0 Å². The number of hydrogen-bond donors (Lipinski definition) is 0. The summed E-state index contributed by atoms with van der Waals surface area (Å²) < 4.78 is 6.03. The van der Waals surface area contributed by atoms with Crippen LogP contribution in [0.5, 0.6) is 0 Å². The third-order valence-electron chi connectivity index (χ3n) is 4.14. The molecule has 3 unspecified atom stereocenters. The Morgan fingerprint density at radius 2 is 2.20 bits per heavy atom. The summed E-state index contributed by atoms with van der Waals surface area (Å²) in [6.45, 7) is 5.55. The molecule has 3 atom stereocenters. The van der Waals surface area contributed by atoms with E-state index in [1.807, 2.05) is 0 Å². The summed E-state index contributed by atoms with van der Waals surface area (Å²) in [5, 5.41) is 0. The molecule has 1 saturated heterocycles. The lowest BCUT2D eigenvalue weighted by Crippen LogP contribution is -2.31. The largest absolute Gasteiger partial charge is 0.373 e. The zero-order valence-corrected chi connectivity index (χ0v) is 9.75. The van der Waals surface area contributed by atoms with Crippen LogP contribution in [0.15, 0.2) is 22.8 Å². The Morgan fingerprint density at radius 3 is 3.07 bits per heavy atom. The average Bonchev–Trinajstić information content (AvgIpc) is 2.53. The molecule has 0 saturated carbocycles. The molecular weight excluding hydrogens is 184 g/mol. The lowest BCUT2D eigenvalue weighted by atomic mass is 9.88. The second kappa shape index (κ2) is 3.48. The molecule has 1 heterocycles. The molecule has 0 bridgehead atoms.